The minimum absolute atomic E-state index is 0.677. The quantitative estimate of drug-likeness (QED) is 0.589. The van der Waals surface area contributed by atoms with Crippen molar-refractivity contribution in [3.05, 3.63) is 29.8 Å². The maximum absolute atomic E-state index is 12.4. The van der Waals surface area contributed by atoms with Crippen molar-refractivity contribution >= 4 is 16.1 Å². The summed E-state index contributed by atoms with van der Waals surface area (Å²) in [4.78, 5) is 9.14. The van der Waals surface area contributed by atoms with Gasteiger partial charge in [-0.2, -0.15) is 8.42 Å². The summed E-state index contributed by atoms with van der Waals surface area (Å²) in [6, 6.07) is 4.44. The molecule has 0 aromatic heterocycles. The van der Waals surface area contributed by atoms with E-state index in [0.29, 0.717) is 0 Å². The SMILES string of the molecule is O=C=NS(=O)(=O)c1ccccc1C(F)F. The maximum atomic E-state index is 12.4. The van der Waals surface area contributed by atoms with Crippen LogP contribution in [0, 0.1) is 0 Å². The molecule has 1 aromatic carbocycles. The first-order chi connectivity index (χ1) is 6.99. The first kappa shape index (κ1) is 11.5. The van der Waals surface area contributed by atoms with Gasteiger partial charge in [0, 0.05) is 5.56 Å². The number of sulfonamides is 1. The molecule has 0 heterocycles. The molecule has 0 saturated heterocycles. The topological polar surface area (TPSA) is 63.6 Å². The highest BCUT2D eigenvalue weighted by Gasteiger charge is 2.22. The normalized spacial score (nSPS) is 11.1. The van der Waals surface area contributed by atoms with Gasteiger partial charge in [-0.05, 0) is 6.07 Å². The lowest BCUT2D eigenvalue weighted by Gasteiger charge is -2.04. The highest BCUT2D eigenvalue weighted by Crippen LogP contribution is 2.26. The van der Waals surface area contributed by atoms with Crippen molar-refractivity contribution in [3.8, 4) is 0 Å². The van der Waals surface area contributed by atoms with Gasteiger partial charge in [0.05, 0.1) is 4.90 Å². The lowest BCUT2D eigenvalue weighted by atomic mass is 10.2. The second-order valence-electron chi connectivity index (χ2n) is 2.50. The molecule has 0 N–H and O–H groups in total. The van der Waals surface area contributed by atoms with E-state index in [4.69, 9.17) is 0 Å². The van der Waals surface area contributed by atoms with E-state index < -0.39 is 26.9 Å². The number of isocyanates is 1. The Kier molecular flexibility index (Phi) is 3.28. The van der Waals surface area contributed by atoms with Crippen LogP contribution >= 0.6 is 0 Å². The second-order valence-corrected chi connectivity index (χ2v) is 4.07. The number of carbonyl (C=O) groups excluding carboxylic acids is 1. The Labute approximate surface area is 84.3 Å². The Morgan fingerprint density at radius 2 is 1.87 bits per heavy atom. The molecular formula is C8H5F2NO3S. The van der Waals surface area contributed by atoms with Gasteiger partial charge < -0.3 is 0 Å². The average Bonchev–Trinajstić information content (AvgIpc) is 2.17. The van der Waals surface area contributed by atoms with Crippen LogP contribution in [-0.2, 0) is 14.8 Å². The highest BCUT2D eigenvalue weighted by atomic mass is 32.2. The van der Waals surface area contributed by atoms with Gasteiger partial charge in [-0.15, -0.1) is 0 Å². The minimum Gasteiger partial charge on any atom is -0.210 e. The van der Waals surface area contributed by atoms with Crippen molar-refractivity contribution in [2.24, 2.45) is 4.40 Å². The van der Waals surface area contributed by atoms with Crippen LogP contribution in [0.3, 0.4) is 0 Å². The van der Waals surface area contributed by atoms with Crippen molar-refractivity contribution in [2.75, 3.05) is 0 Å². The Bertz CT molecular complexity index is 506. The Morgan fingerprint density at radius 1 is 1.27 bits per heavy atom. The fraction of sp³-hybridized carbons (Fsp3) is 0.125. The van der Waals surface area contributed by atoms with Crippen LogP contribution in [0.15, 0.2) is 33.6 Å². The number of hydrogen-bond acceptors (Lipinski definition) is 3. The van der Waals surface area contributed by atoms with Crippen LogP contribution in [0.4, 0.5) is 8.78 Å². The smallest absolute Gasteiger partial charge is 0.210 e. The first-order valence-corrected chi connectivity index (χ1v) is 5.14. The van der Waals surface area contributed by atoms with E-state index in [0.717, 1.165) is 18.2 Å². The summed E-state index contributed by atoms with van der Waals surface area (Å²) in [6.07, 6.45) is -2.13. The van der Waals surface area contributed by atoms with Crippen LogP contribution in [0.1, 0.15) is 12.0 Å². The van der Waals surface area contributed by atoms with E-state index in [1.165, 1.54) is 12.1 Å². The van der Waals surface area contributed by atoms with Crippen molar-refractivity contribution in [1.82, 2.24) is 0 Å². The zero-order chi connectivity index (χ0) is 11.5. The summed E-state index contributed by atoms with van der Waals surface area (Å²) in [5.74, 6) is 0. The van der Waals surface area contributed by atoms with E-state index in [9.17, 15) is 22.0 Å². The Morgan fingerprint density at radius 3 is 2.40 bits per heavy atom. The van der Waals surface area contributed by atoms with Gasteiger partial charge in [0.1, 0.15) is 0 Å². The zero-order valence-corrected chi connectivity index (χ0v) is 8.04. The molecule has 0 radical (unpaired) electrons. The summed E-state index contributed by atoms with van der Waals surface area (Å²) in [5.41, 5.74) is -0.684. The summed E-state index contributed by atoms with van der Waals surface area (Å²) in [5, 5.41) is 0. The maximum Gasteiger partial charge on any atom is 0.293 e. The molecule has 0 aliphatic carbocycles. The second kappa shape index (κ2) is 4.29. The molecule has 7 heteroatoms. The largest absolute Gasteiger partial charge is 0.293 e. The zero-order valence-electron chi connectivity index (χ0n) is 7.22. The van der Waals surface area contributed by atoms with E-state index in [2.05, 4.69) is 4.40 Å². The average molecular weight is 233 g/mol. The molecule has 0 amide bonds. The number of hydrogen-bond donors (Lipinski definition) is 0. The van der Waals surface area contributed by atoms with Crippen LogP contribution in [0.2, 0.25) is 0 Å². The molecule has 80 valence electrons. The molecule has 1 aromatic rings. The Balaban J connectivity index is 3.44. The van der Waals surface area contributed by atoms with Gasteiger partial charge in [0.2, 0.25) is 0 Å². The Hall–Kier alpha value is -1.59. The number of benzene rings is 1. The molecule has 0 fully saturated rings. The number of halogens is 2. The van der Waals surface area contributed by atoms with Crippen LogP contribution < -0.4 is 0 Å². The van der Waals surface area contributed by atoms with Gasteiger partial charge in [0.15, 0.2) is 0 Å². The van der Waals surface area contributed by atoms with Crippen molar-refractivity contribution in [2.45, 2.75) is 11.3 Å². The van der Waals surface area contributed by atoms with Gasteiger partial charge in [-0.3, -0.25) is 0 Å². The molecule has 0 aliphatic rings. The van der Waals surface area contributed by atoms with Crippen molar-refractivity contribution in [3.63, 3.8) is 0 Å². The fourth-order valence-electron chi connectivity index (χ4n) is 0.994. The van der Waals surface area contributed by atoms with Gasteiger partial charge in [0.25, 0.3) is 22.5 Å². The number of rotatable bonds is 3. The van der Waals surface area contributed by atoms with E-state index in [1.807, 2.05) is 0 Å². The molecule has 0 unspecified atom stereocenters. The molecule has 0 spiro atoms. The molecule has 0 atom stereocenters. The van der Waals surface area contributed by atoms with Crippen molar-refractivity contribution in [1.29, 1.82) is 0 Å². The third-order valence-corrected chi connectivity index (χ3v) is 2.83. The first-order valence-electron chi connectivity index (χ1n) is 3.70. The lowest BCUT2D eigenvalue weighted by Crippen LogP contribution is -2.01. The number of alkyl halides is 2. The van der Waals surface area contributed by atoms with Gasteiger partial charge >= 0.3 is 0 Å². The van der Waals surface area contributed by atoms with Crippen LogP contribution in [0.5, 0.6) is 0 Å². The third kappa shape index (κ3) is 2.45. The summed E-state index contributed by atoms with van der Waals surface area (Å²) >= 11 is 0. The standard InChI is InChI=1S/C8H5F2NO3S/c9-8(10)6-3-1-2-4-7(6)15(13,14)11-5-12/h1-4,8H. The fourth-order valence-corrected chi connectivity index (χ4v) is 1.90. The van der Waals surface area contributed by atoms with Gasteiger partial charge in [-0.25, -0.2) is 13.6 Å². The lowest BCUT2D eigenvalue weighted by molar-refractivity contribution is 0.148. The van der Waals surface area contributed by atoms with E-state index in [-0.39, 0.29) is 0 Å². The highest BCUT2D eigenvalue weighted by molar-refractivity contribution is 7.90. The molecule has 0 bridgehead atoms. The minimum atomic E-state index is -4.36. The predicted octanol–water partition coefficient (Wildman–Crippen LogP) is 1.65. The van der Waals surface area contributed by atoms with Crippen molar-refractivity contribution < 1.29 is 22.0 Å². The van der Waals surface area contributed by atoms with E-state index >= 15 is 0 Å². The summed E-state index contributed by atoms with van der Waals surface area (Å²) in [6.45, 7) is 0. The molecule has 0 saturated carbocycles. The number of nitrogens with zero attached hydrogens (tertiary/aromatic N) is 1. The molecule has 4 nitrogen and oxygen atoms in total. The molecule has 15 heavy (non-hydrogen) atoms. The van der Waals surface area contributed by atoms with Crippen LogP contribution in [-0.4, -0.2) is 14.5 Å². The molecule has 1 rings (SSSR count). The predicted molar refractivity (Wildman–Crippen MR) is 46.7 cm³/mol. The van der Waals surface area contributed by atoms with Gasteiger partial charge in [-0.1, -0.05) is 22.6 Å². The molecule has 0 aliphatic heterocycles. The third-order valence-electron chi connectivity index (χ3n) is 1.59. The monoisotopic (exact) mass is 233 g/mol. The van der Waals surface area contributed by atoms with E-state index in [1.54, 1.807) is 0 Å². The summed E-state index contributed by atoms with van der Waals surface area (Å²) in [7, 11) is -4.36. The van der Waals surface area contributed by atoms with Crippen LogP contribution in [0.25, 0.3) is 0 Å². The molecular weight excluding hydrogens is 228 g/mol. The summed E-state index contributed by atoms with van der Waals surface area (Å²) < 4.78 is 49.7.